The molecule has 1 N–H and O–H groups in total. The molecule has 4 saturated carbocycles. The molecule has 5 nitrogen and oxygen atoms in total. The van der Waals surface area contributed by atoms with Gasteiger partial charge in [-0.1, -0.05) is 24.0 Å². The number of hydrogen-bond acceptors (Lipinski definition) is 5. The van der Waals surface area contributed by atoms with Crippen LogP contribution in [0.3, 0.4) is 0 Å². The lowest BCUT2D eigenvalue weighted by molar-refractivity contribution is -0.127. The van der Waals surface area contributed by atoms with Crippen LogP contribution in [-0.4, -0.2) is 33.1 Å². The van der Waals surface area contributed by atoms with Crippen molar-refractivity contribution in [2.45, 2.75) is 50.5 Å². The quantitative estimate of drug-likeness (QED) is 0.582. The molecule has 7 heteroatoms. The smallest absolute Gasteiger partial charge is 0.266 e. The molecule has 28 heavy (non-hydrogen) atoms. The highest BCUT2D eigenvalue weighted by molar-refractivity contribution is 8.26. The van der Waals surface area contributed by atoms with Crippen molar-refractivity contribution in [3.05, 3.63) is 29.1 Å². The third kappa shape index (κ3) is 3.43. The Morgan fingerprint density at radius 2 is 1.96 bits per heavy atom. The van der Waals surface area contributed by atoms with Crippen LogP contribution in [-0.2, 0) is 9.59 Å². The van der Waals surface area contributed by atoms with Crippen molar-refractivity contribution in [2.24, 2.45) is 17.8 Å². The van der Waals surface area contributed by atoms with Crippen LogP contribution in [0.25, 0.3) is 6.08 Å². The topological polar surface area (TPSA) is 62.6 Å². The highest BCUT2D eigenvalue weighted by Crippen LogP contribution is 2.55. The lowest BCUT2D eigenvalue weighted by Crippen LogP contribution is -2.60. The van der Waals surface area contributed by atoms with E-state index in [-0.39, 0.29) is 17.4 Å². The summed E-state index contributed by atoms with van der Waals surface area (Å²) in [4.78, 5) is 27.4. The van der Waals surface area contributed by atoms with E-state index in [4.69, 9.17) is 16.6 Å². The number of thioether (sulfide) groups is 1. The Bertz CT molecular complexity index is 811. The molecule has 1 aliphatic heterocycles. The molecule has 4 aliphatic carbocycles. The summed E-state index contributed by atoms with van der Waals surface area (Å²) in [6, 6.07) is 3.58. The number of carbonyl (C=O) groups excluding carboxylic acids is 2. The van der Waals surface area contributed by atoms with Crippen LogP contribution in [0.4, 0.5) is 0 Å². The molecule has 0 atom stereocenters. The largest absolute Gasteiger partial charge is 0.465 e. The van der Waals surface area contributed by atoms with Gasteiger partial charge in [0.25, 0.3) is 5.91 Å². The molecule has 148 valence electrons. The number of nitrogens with one attached hydrogen (secondary N) is 1. The van der Waals surface area contributed by atoms with Gasteiger partial charge in [0.1, 0.15) is 10.1 Å². The summed E-state index contributed by atoms with van der Waals surface area (Å²) in [5.41, 5.74) is 0.0143. The monoisotopic (exact) mass is 416 g/mol. The fourth-order valence-corrected chi connectivity index (χ4v) is 7.32. The molecule has 0 radical (unpaired) electrons. The molecule has 5 fully saturated rings. The van der Waals surface area contributed by atoms with Crippen LogP contribution in [0.15, 0.2) is 27.7 Å². The third-order valence-electron chi connectivity index (χ3n) is 6.70. The maximum Gasteiger partial charge on any atom is 0.266 e. The minimum Gasteiger partial charge on any atom is -0.465 e. The van der Waals surface area contributed by atoms with Crippen LogP contribution in [0.1, 0.15) is 50.7 Å². The first-order chi connectivity index (χ1) is 13.5. The van der Waals surface area contributed by atoms with E-state index < -0.39 is 0 Å². The first-order valence-corrected chi connectivity index (χ1v) is 11.3. The summed E-state index contributed by atoms with van der Waals surface area (Å²) in [5, 5.41) is 3.37. The Kier molecular flexibility index (Phi) is 4.62. The average Bonchev–Trinajstić information content (AvgIpc) is 3.21. The number of thiocarbonyl (C=S) groups is 1. The van der Waals surface area contributed by atoms with Gasteiger partial charge in [0, 0.05) is 24.6 Å². The molecule has 2 heterocycles. The van der Waals surface area contributed by atoms with Gasteiger partial charge in [-0.3, -0.25) is 14.5 Å². The number of rotatable bonds is 5. The number of hydrogen-bond donors (Lipinski definition) is 1. The molecule has 1 saturated heterocycles. The summed E-state index contributed by atoms with van der Waals surface area (Å²) in [5.74, 6) is 2.92. The second-order valence-corrected chi connectivity index (χ2v) is 10.5. The summed E-state index contributed by atoms with van der Waals surface area (Å²) >= 11 is 6.62. The molecule has 1 aromatic heterocycles. The van der Waals surface area contributed by atoms with Gasteiger partial charge >= 0.3 is 0 Å². The maximum absolute atomic E-state index is 12.7. The molecule has 0 spiro atoms. The van der Waals surface area contributed by atoms with Gasteiger partial charge in [-0.05, 0) is 68.4 Å². The average molecular weight is 417 g/mol. The second kappa shape index (κ2) is 7.02. The van der Waals surface area contributed by atoms with Gasteiger partial charge in [0.2, 0.25) is 5.91 Å². The van der Waals surface area contributed by atoms with Crippen molar-refractivity contribution in [1.82, 2.24) is 10.2 Å². The lowest BCUT2D eigenvalue weighted by Gasteiger charge is -2.57. The van der Waals surface area contributed by atoms with Gasteiger partial charge in [-0.2, -0.15) is 0 Å². The van der Waals surface area contributed by atoms with Crippen LogP contribution < -0.4 is 5.32 Å². The summed E-state index contributed by atoms with van der Waals surface area (Å²) < 4.78 is 5.78. The van der Waals surface area contributed by atoms with E-state index in [0.29, 0.717) is 28.0 Å². The fourth-order valence-electron chi connectivity index (χ4n) is 6.03. The van der Waals surface area contributed by atoms with Crippen molar-refractivity contribution >= 4 is 46.2 Å². The zero-order chi connectivity index (χ0) is 19.3. The van der Waals surface area contributed by atoms with Gasteiger partial charge in [-0.25, -0.2) is 0 Å². The molecule has 2 amide bonds. The molecular weight excluding hydrogens is 392 g/mol. The number of carbonyl (C=O) groups is 2. The first-order valence-electron chi connectivity index (χ1n) is 10.1. The summed E-state index contributed by atoms with van der Waals surface area (Å²) in [7, 11) is 0. The van der Waals surface area contributed by atoms with Gasteiger partial charge in [-0.15, -0.1) is 0 Å². The predicted octanol–water partition coefficient (Wildman–Crippen LogP) is 3.96. The number of amides is 2. The molecule has 0 aromatic carbocycles. The highest BCUT2D eigenvalue weighted by Gasteiger charge is 2.51. The standard InChI is InChI=1S/C21H24N2O3S2/c24-18(22-21-10-13-6-14(11-21)8-15(7-13)12-21)3-4-23-19(25)17(28-20(23)27)9-16-2-1-5-26-16/h1-2,5,9,13-15H,3-4,6-8,10-12H2,(H,22,24). The van der Waals surface area contributed by atoms with E-state index in [1.54, 1.807) is 24.5 Å². The molecule has 6 rings (SSSR count). The Morgan fingerprint density at radius 1 is 1.29 bits per heavy atom. The van der Waals surface area contributed by atoms with Crippen molar-refractivity contribution in [3.63, 3.8) is 0 Å². The Hall–Kier alpha value is -1.60. The molecular formula is C21H24N2O3S2. The molecule has 5 aliphatic rings. The van der Waals surface area contributed by atoms with Crippen molar-refractivity contribution in [3.8, 4) is 0 Å². The maximum atomic E-state index is 12.7. The summed E-state index contributed by atoms with van der Waals surface area (Å²) in [6.45, 7) is 0.332. The van der Waals surface area contributed by atoms with E-state index in [9.17, 15) is 9.59 Å². The van der Waals surface area contributed by atoms with Crippen LogP contribution >= 0.6 is 24.0 Å². The van der Waals surface area contributed by atoms with E-state index in [1.807, 2.05) is 0 Å². The Labute approximate surface area is 174 Å². The van der Waals surface area contributed by atoms with Crippen LogP contribution in [0.2, 0.25) is 0 Å². The van der Waals surface area contributed by atoms with Crippen LogP contribution in [0, 0.1) is 17.8 Å². The SMILES string of the molecule is O=C(CCN1C(=O)C(=Cc2ccco2)SC1=S)NC12CC3CC(CC(C3)C1)C2. The number of furan rings is 1. The summed E-state index contributed by atoms with van der Waals surface area (Å²) in [6.07, 6.45) is 11.0. The van der Waals surface area contributed by atoms with Crippen molar-refractivity contribution < 1.29 is 14.0 Å². The van der Waals surface area contributed by atoms with E-state index in [1.165, 1.54) is 35.9 Å². The minimum absolute atomic E-state index is 0.0143. The van der Waals surface area contributed by atoms with E-state index in [2.05, 4.69) is 5.32 Å². The second-order valence-electron chi connectivity index (χ2n) is 8.84. The Balaban J connectivity index is 1.19. The third-order valence-corrected chi connectivity index (χ3v) is 8.07. The van der Waals surface area contributed by atoms with Crippen molar-refractivity contribution in [1.29, 1.82) is 0 Å². The lowest BCUT2D eigenvalue weighted by atomic mass is 9.53. The molecule has 4 bridgehead atoms. The zero-order valence-electron chi connectivity index (χ0n) is 15.7. The molecule has 1 aromatic rings. The highest BCUT2D eigenvalue weighted by atomic mass is 32.2. The minimum atomic E-state index is -0.144. The van der Waals surface area contributed by atoms with Gasteiger partial charge < -0.3 is 9.73 Å². The van der Waals surface area contributed by atoms with E-state index >= 15 is 0 Å². The van der Waals surface area contributed by atoms with E-state index in [0.717, 1.165) is 37.0 Å². The van der Waals surface area contributed by atoms with Gasteiger partial charge in [0.05, 0.1) is 11.2 Å². The zero-order valence-corrected chi connectivity index (χ0v) is 17.3. The van der Waals surface area contributed by atoms with Gasteiger partial charge in [0.15, 0.2) is 0 Å². The normalized spacial score (nSPS) is 35.2. The number of nitrogens with zero attached hydrogens (tertiary/aromatic N) is 1. The van der Waals surface area contributed by atoms with Crippen LogP contribution in [0.5, 0.6) is 0 Å². The molecule has 0 unspecified atom stereocenters. The first kappa shape index (κ1) is 18.4. The van der Waals surface area contributed by atoms with Crippen molar-refractivity contribution in [2.75, 3.05) is 6.54 Å². The fraction of sp³-hybridized carbons (Fsp3) is 0.571. The Morgan fingerprint density at radius 3 is 2.57 bits per heavy atom. The predicted molar refractivity (Wildman–Crippen MR) is 112 cm³/mol.